The number of carbonyl (C=O) groups is 2. The maximum absolute atomic E-state index is 11.7. The molecule has 0 aromatic heterocycles. The van der Waals surface area contributed by atoms with Crippen LogP contribution in [0.4, 0.5) is 4.79 Å². The lowest BCUT2D eigenvalue weighted by Crippen LogP contribution is -2.46. The molecular weight excluding hydrogens is 246 g/mol. The molecule has 1 heterocycles. The van der Waals surface area contributed by atoms with Gasteiger partial charge in [0, 0.05) is 19.2 Å². The van der Waals surface area contributed by atoms with Crippen LogP contribution >= 0.6 is 0 Å². The summed E-state index contributed by atoms with van der Waals surface area (Å²) >= 11 is 0. The van der Waals surface area contributed by atoms with Gasteiger partial charge in [0.05, 0.1) is 6.54 Å². The predicted molar refractivity (Wildman–Crippen MR) is 70.6 cm³/mol. The first-order valence-corrected chi connectivity index (χ1v) is 7.11. The van der Waals surface area contributed by atoms with Crippen molar-refractivity contribution in [2.75, 3.05) is 26.2 Å². The number of carbonyl (C=O) groups excluding carboxylic acids is 2. The lowest BCUT2D eigenvalue weighted by molar-refractivity contribution is -0.121. The van der Waals surface area contributed by atoms with E-state index < -0.39 is 0 Å². The quantitative estimate of drug-likeness (QED) is 0.674. The van der Waals surface area contributed by atoms with E-state index in [0.29, 0.717) is 0 Å². The van der Waals surface area contributed by atoms with E-state index in [1.807, 2.05) is 4.90 Å². The molecule has 1 aliphatic heterocycles. The first-order chi connectivity index (χ1) is 9.17. The topological polar surface area (TPSA) is 81.7 Å². The molecule has 1 aliphatic carbocycles. The van der Waals surface area contributed by atoms with Gasteiger partial charge in [0.2, 0.25) is 5.91 Å². The third-order valence-corrected chi connectivity index (χ3v) is 3.94. The molecule has 6 heteroatoms. The number of hydrogen-bond donors (Lipinski definition) is 3. The Hall–Kier alpha value is -1.14. The van der Waals surface area contributed by atoms with Gasteiger partial charge in [-0.25, -0.2) is 4.79 Å². The van der Waals surface area contributed by atoms with Gasteiger partial charge in [0.15, 0.2) is 0 Å². The molecule has 0 radical (unpaired) electrons. The summed E-state index contributed by atoms with van der Waals surface area (Å²) in [7, 11) is 0. The molecule has 1 unspecified atom stereocenters. The summed E-state index contributed by atoms with van der Waals surface area (Å²) in [6, 6.07) is -0.159. The monoisotopic (exact) mass is 269 g/mol. The smallest absolute Gasteiger partial charge is 0.321 e. The maximum Gasteiger partial charge on any atom is 0.321 e. The zero-order valence-electron chi connectivity index (χ0n) is 11.2. The Labute approximate surface area is 113 Å². The Balaban J connectivity index is 1.64. The molecule has 2 rings (SSSR count). The van der Waals surface area contributed by atoms with Crippen molar-refractivity contribution in [3.05, 3.63) is 0 Å². The molecule has 108 valence electrons. The van der Waals surface area contributed by atoms with E-state index in [-0.39, 0.29) is 37.0 Å². The van der Waals surface area contributed by atoms with E-state index >= 15 is 0 Å². The van der Waals surface area contributed by atoms with Gasteiger partial charge in [-0.1, -0.05) is 12.8 Å². The lowest BCUT2D eigenvalue weighted by Gasteiger charge is -2.16. The number of aliphatic hydroxyl groups is 1. The molecule has 6 nitrogen and oxygen atoms in total. The lowest BCUT2D eigenvalue weighted by atomic mass is 10.1. The van der Waals surface area contributed by atoms with Crippen LogP contribution in [0.2, 0.25) is 0 Å². The molecule has 1 saturated carbocycles. The molecular formula is C13H23N3O3. The molecule has 1 saturated heterocycles. The van der Waals surface area contributed by atoms with Crippen molar-refractivity contribution in [2.24, 2.45) is 5.92 Å². The number of hydrogen-bond acceptors (Lipinski definition) is 4. The fourth-order valence-corrected chi connectivity index (χ4v) is 2.87. The van der Waals surface area contributed by atoms with Gasteiger partial charge in [-0.15, -0.1) is 0 Å². The molecule has 2 aliphatic rings. The molecule has 0 bridgehead atoms. The second kappa shape index (κ2) is 6.86. The summed E-state index contributed by atoms with van der Waals surface area (Å²) in [6.07, 6.45) is 5.22. The predicted octanol–water partition coefficient (Wildman–Crippen LogP) is 0.0690. The van der Waals surface area contributed by atoms with Gasteiger partial charge in [-0.05, 0) is 31.7 Å². The Morgan fingerprint density at radius 3 is 2.58 bits per heavy atom. The molecule has 0 aromatic carbocycles. The van der Waals surface area contributed by atoms with Crippen LogP contribution < -0.4 is 10.6 Å². The highest BCUT2D eigenvalue weighted by Gasteiger charge is 2.24. The Morgan fingerprint density at radius 2 is 1.95 bits per heavy atom. The highest BCUT2D eigenvalue weighted by molar-refractivity contribution is 5.95. The molecule has 3 amide bonds. The fraction of sp³-hybridized carbons (Fsp3) is 0.846. The van der Waals surface area contributed by atoms with Crippen LogP contribution in [-0.2, 0) is 4.79 Å². The summed E-state index contributed by atoms with van der Waals surface area (Å²) in [6.45, 7) is 1.94. The average molecular weight is 269 g/mol. The molecule has 0 spiro atoms. The summed E-state index contributed by atoms with van der Waals surface area (Å²) in [5.74, 6) is -0.00537. The molecule has 1 atom stereocenters. The van der Waals surface area contributed by atoms with Gasteiger partial charge in [0.1, 0.15) is 0 Å². The number of imide groups is 1. The zero-order chi connectivity index (χ0) is 13.7. The minimum absolute atomic E-state index is 0.167. The number of nitrogens with zero attached hydrogens (tertiary/aromatic N) is 1. The van der Waals surface area contributed by atoms with Crippen LogP contribution in [-0.4, -0.2) is 54.2 Å². The number of rotatable bonds is 4. The minimum Gasteiger partial charge on any atom is -0.396 e. The van der Waals surface area contributed by atoms with E-state index in [1.165, 1.54) is 0 Å². The largest absolute Gasteiger partial charge is 0.396 e. The summed E-state index contributed by atoms with van der Waals surface area (Å²) in [5.41, 5.74) is 0. The van der Waals surface area contributed by atoms with Gasteiger partial charge < -0.3 is 10.4 Å². The average Bonchev–Trinajstić information content (AvgIpc) is 3.00. The molecule has 19 heavy (non-hydrogen) atoms. The first kappa shape index (κ1) is 14.3. The van der Waals surface area contributed by atoms with Gasteiger partial charge in [0.25, 0.3) is 0 Å². The maximum atomic E-state index is 11.7. The minimum atomic E-state index is -0.380. The SMILES string of the molecule is O=C(CN1CCC(CO)C1)NC(=O)NC1CCCC1. The number of likely N-dealkylation sites (tertiary alicyclic amines) is 1. The van der Waals surface area contributed by atoms with Crippen molar-refractivity contribution < 1.29 is 14.7 Å². The normalized spacial score (nSPS) is 24.6. The van der Waals surface area contributed by atoms with Crippen LogP contribution in [0, 0.1) is 5.92 Å². The zero-order valence-corrected chi connectivity index (χ0v) is 11.2. The van der Waals surface area contributed by atoms with E-state index in [2.05, 4.69) is 10.6 Å². The number of aliphatic hydroxyl groups excluding tert-OH is 1. The van der Waals surface area contributed by atoms with Crippen LogP contribution in [0.3, 0.4) is 0 Å². The second-order valence-corrected chi connectivity index (χ2v) is 5.58. The second-order valence-electron chi connectivity index (χ2n) is 5.58. The van der Waals surface area contributed by atoms with Crippen molar-refractivity contribution >= 4 is 11.9 Å². The van der Waals surface area contributed by atoms with Crippen molar-refractivity contribution in [3.63, 3.8) is 0 Å². The van der Waals surface area contributed by atoms with Crippen molar-refractivity contribution in [3.8, 4) is 0 Å². The van der Waals surface area contributed by atoms with Crippen molar-refractivity contribution in [1.82, 2.24) is 15.5 Å². The van der Waals surface area contributed by atoms with Crippen LogP contribution in [0.5, 0.6) is 0 Å². The van der Waals surface area contributed by atoms with Gasteiger partial charge in [-0.2, -0.15) is 0 Å². The standard InChI is InChI=1S/C13H23N3O3/c17-9-10-5-6-16(7-10)8-12(18)15-13(19)14-11-3-1-2-4-11/h10-11,17H,1-9H2,(H2,14,15,18,19). The third-order valence-electron chi connectivity index (χ3n) is 3.94. The van der Waals surface area contributed by atoms with Crippen LogP contribution in [0.15, 0.2) is 0 Å². The van der Waals surface area contributed by atoms with E-state index in [4.69, 9.17) is 5.11 Å². The summed E-state index contributed by atoms with van der Waals surface area (Å²) in [4.78, 5) is 25.3. The van der Waals surface area contributed by atoms with Crippen LogP contribution in [0.25, 0.3) is 0 Å². The van der Waals surface area contributed by atoms with Gasteiger partial charge >= 0.3 is 6.03 Å². The van der Waals surface area contributed by atoms with Crippen molar-refractivity contribution in [1.29, 1.82) is 0 Å². The van der Waals surface area contributed by atoms with E-state index in [0.717, 1.165) is 45.2 Å². The highest BCUT2D eigenvalue weighted by atomic mass is 16.3. The van der Waals surface area contributed by atoms with E-state index in [1.54, 1.807) is 0 Å². The molecule has 2 fully saturated rings. The molecule has 0 aromatic rings. The fourth-order valence-electron chi connectivity index (χ4n) is 2.87. The highest BCUT2D eigenvalue weighted by Crippen LogP contribution is 2.17. The Kier molecular flexibility index (Phi) is 5.15. The van der Waals surface area contributed by atoms with Crippen molar-refractivity contribution in [2.45, 2.75) is 38.1 Å². The number of amides is 3. The van der Waals surface area contributed by atoms with E-state index in [9.17, 15) is 9.59 Å². The molecule has 3 N–H and O–H groups in total. The number of nitrogens with one attached hydrogen (secondary N) is 2. The Morgan fingerprint density at radius 1 is 1.21 bits per heavy atom. The summed E-state index contributed by atoms with van der Waals surface area (Å²) < 4.78 is 0. The first-order valence-electron chi connectivity index (χ1n) is 7.11. The summed E-state index contributed by atoms with van der Waals surface area (Å²) in [5, 5.41) is 14.2. The Bertz CT molecular complexity index is 329. The number of urea groups is 1. The third kappa shape index (κ3) is 4.47. The van der Waals surface area contributed by atoms with Crippen LogP contribution in [0.1, 0.15) is 32.1 Å². The van der Waals surface area contributed by atoms with Gasteiger partial charge in [-0.3, -0.25) is 15.0 Å².